The van der Waals surface area contributed by atoms with Gasteiger partial charge >= 0.3 is 0 Å². The first-order valence-electron chi connectivity index (χ1n) is 9.95. The third kappa shape index (κ3) is 2.34. The summed E-state index contributed by atoms with van der Waals surface area (Å²) in [5, 5.41) is 10.4. The Morgan fingerprint density at radius 3 is 2.61 bits per heavy atom. The fourth-order valence-electron chi connectivity index (χ4n) is 7.41. The van der Waals surface area contributed by atoms with Crippen LogP contribution in [0.4, 0.5) is 4.39 Å². The molecule has 23 heavy (non-hydrogen) atoms. The minimum absolute atomic E-state index is 0.469. The van der Waals surface area contributed by atoms with Gasteiger partial charge in [-0.2, -0.15) is 0 Å². The van der Waals surface area contributed by atoms with Crippen LogP contribution in [0.1, 0.15) is 71.6 Å². The molecule has 1 nitrogen and oxygen atoms in total. The zero-order chi connectivity index (χ0) is 16.2. The highest BCUT2D eigenvalue weighted by atomic mass is 19.1. The Balaban J connectivity index is 1.55. The van der Waals surface area contributed by atoms with E-state index in [-0.39, 0.29) is 0 Å². The number of alkyl halides is 1. The van der Waals surface area contributed by atoms with Crippen molar-refractivity contribution in [3.63, 3.8) is 0 Å². The molecule has 0 spiro atoms. The number of rotatable bonds is 1. The molecule has 0 amide bonds. The van der Waals surface area contributed by atoms with Gasteiger partial charge in [-0.05, 0) is 99.7 Å². The number of aliphatic hydroxyl groups is 1. The first-order valence-corrected chi connectivity index (χ1v) is 9.95. The maximum atomic E-state index is 13.2. The van der Waals surface area contributed by atoms with E-state index in [4.69, 9.17) is 0 Å². The summed E-state index contributed by atoms with van der Waals surface area (Å²) in [6.45, 7) is 4.21. The molecule has 0 bridgehead atoms. The molecule has 4 aliphatic carbocycles. The highest BCUT2D eigenvalue weighted by Crippen LogP contribution is 2.64. The van der Waals surface area contributed by atoms with Crippen molar-refractivity contribution in [1.29, 1.82) is 0 Å². The summed E-state index contributed by atoms with van der Waals surface area (Å²) in [5.41, 5.74) is 1.19. The van der Waals surface area contributed by atoms with Gasteiger partial charge in [-0.1, -0.05) is 18.6 Å². The molecule has 0 radical (unpaired) electrons. The van der Waals surface area contributed by atoms with E-state index >= 15 is 0 Å². The van der Waals surface area contributed by atoms with Crippen LogP contribution in [0.3, 0.4) is 0 Å². The first-order chi connectivity index (χ1) is 11.0. The topological polar surface area (TPSA) is 20.2 Å². The van der Waals surface area contributed by atoms with Gasteiger partial charge in [0.05, 0.1) is 5.60 Å². The summed E-state index contributed by atoms with van der Waals surface area (Å²) in [6, 6.07) is 0. The maximum absolute atomic E-state index is 13.2. The second kappa shape index (κ2) is 5.58. The van der Waals surface area contributed by atoms with Crippen LogP contribution in [0.25, 0.3) is 0 Å². The van der Waals surface area contributed by atoms with Crippen molar-refractivity contribution in [2.24, 2.45) is 35.0 Å². The van der Waals surface area contributed by atoms with Crippen LogP contribution < -0.4 is 0 Å². The molecule has 4 fully saturated rings. The molecule has 130 valence electrons. The van der Waals surface area contributed by atoms with Crippen LogP contribution in [0, 0.1) is 35.0 Å². The van der Waals surface area contributed by atoms with Crippen molar-refractivity contribution < 1.29 is 9.50 Å². The second-order valence-corrected chi connectivity index (χ2v) is 9.34. The van der Waals surface area contributed by atoms with Gasteiger partial charge in [-0.25, -0.2) is 4.39 Å². The summed E-state index contributed by atoms with van der Waals surface area (Å²) in [4.78, 5) is 0. The van der Waals surface area contributed by atoms with E-state index in [1.165, 1.54) is 38.5 Å². The molecule has 0 aromatic heterocycles. The first kappa shape index (κ1) is 16.1. The third-order valence-electron chi connectivity index (χ3n) is 8.55. The summed E-state index contributed by atoms with van der Waals surface area (Å²) >= 11 is 0. The lowest BCUT2D eigenvalue weighted by Crippen LogP contribution is -2.50. The lowest BCUT2D eigenvalue weighted by molar-refractivity contribution is -0.104. The summed E-state index contributed by atoms with van der Waals surface area (Å²) in [6.07, 6.45) is 12.9. The zero-order valence-corrected chi connectivity index (χ0v) is 14.9. The van der Waals surface area contributed by atoms with E-state index in [0.29, 0.717) is 17.8 Å². The Labute approximate surface area is 140 Å². The van der Waals surface area contributed by atoms with Gasteiger partial charge in [-0.3, -0.25) is 0 Å². The van der Waals surface area contributed by atoms with Gasteiger partial charge in [0, 0.05) is 0 Å². The third-order valence-corrected chi connectivity index (χ3v) is 8.55. The monoisotopic (exact) mass is 320 g/mol. The molecule has 2 heteroatoms. The van der Waals surface area contributed by atoms with Crippen LogP contribution >= 0.6 is 0 Å². The van der Waals surface area contributed by atoms with Crippen LogP contribution in [0.15, 0.2) is 11.6 Å². The molecule has 4 aliphatic rings. The van der Waals surface area contributed by atoms with E-state index < -0.39 is 12.3 Å². The minimum Gasteiger partial charge on any atom is -0.387 e. The Hall–Kier alpha value is -0.370. The van der Waals surface area contributed by atoms with Gasteiger partial charge in [0.25, 0.3) is 0 Å². The summed E-state index contributed by atoms with van der Waals surface area (Å²) in [5.74, 6) is 3.98. The number of fused-ring (bicyclic) bond motifs is 5. The number of allylic oxidation sites excluding steroid dienone is 2. The Kier molecular flexibility index (Phi) is 3.91. The predicted molar refractivity (Wildman–Crippen MR) is 91.8 cm³/mol. The van der Waals surface area contributed by atoms with Gasteiger partial charge < -0.3 is 5.11 Å². The van der Waals surface area contributed by atoms with Crippen molar-refractivity contribution in [1.82, 2.24) is 0 Å². The van der Waals surface area contributed by atoms with E-state index in [1.807, 2.05) is 0 Å². The quantitative estimate of drug-likeness (QED) is 0.651. The highest BCUT2D eigenvalue weighted by molar-refractivity contribution is 5.23. The number of hydrogen-bond donors (Lipinski definition) is 1. The van der Waals surface area contributed by atoms with Gasteiger partial charge in [0.15, 0.2) is 0 Å². The Bertz CT molecular complexity index is 500. The predicted octanol–water partition coefficient (Wildman–Crippen LogP) is 5.29. The van der Waals surface area contributed by atoms with Crippen LogP contribution in [-0.2, 0) is 0 Å². The molecule has 0 heterocycles. The maximum Gasteiger partial charge on any atom is 0.118 e. The molecule has 7 atom stereocenters. The number of hydrogen-bond acceptors (Lipinski definition) is 1. The fourth-order valence-corrected chi connectivity index (χ4v) is 7.41. The molecule has 0 aromatic rings. The van der Waals surface area contributed by atoms with E-state index in [0.717, 1.165) is 36.5 Å². The second-order valence-electron chi connectivity index (χ2n) is 9.34. The Morgan fingerprint density at radius 1 is 1.09 bits per heavy atom. The molecule has 0 aliphatic heterocycles. The SMILES string of the molecule is C/C=C1/CC[C@H]2[C@@H]3CC[C@@H]4C[C@](O)(CF)CC[C@@H]4[C@H]3CC[C@]12C. The van der Waals surface area contributed by atoms with Crippen molar-refractivity contribution in [3.05, 3.63) is 11.6 Å². The summed E-state index contributed by atoms with van der Waals surface area (Å²) in [7, 11) is 0. The summed E-state index contributed by atoms with van der Waals surface area (Å²) < 4.78 is 13.2. The average Bonchev–Trinajstić information content (AvgIpc) is 2.90. The van der Waals surface area contributed by atoms with Crippen LogP contribution in [0.5, 0.6) is 0 Å². The lowest BCUT2D eigenvalue weighted by atomic mass is 9.49. The van der Waals surface area contributed by atoms with Crippen LogP contribution in [0.2, 0.25) is 0 Å². The fraction of sp³-hybridized carbons (Fsp3) is 0.905. The molecule has 1 N–H and O–H groups in total. The van der Waals surface area contributed by atoms with E-state index in [9.17, 15) is 9.50 Å². The van der Waals surface area contributed by atoms with Crippen molar-refractivity contribution >= 4 is 0 Å². The molecular formula is C21H33FO. The average molecular weight is 320 g/mol. The van der Waals surface area contributed by atoms with Gasteiger partial charge in [0.2, 0.25) is 0 Å². The molecule has 0 unspecified atom stereocenters. The standard InChI is InChI=1S/C21H33FO/c1-3-15-5-7-19-18-6-4-14-12-21(23,13-22)11-9-16(14)17(18)8-10-20(15,19)2/h3,14,16-19,23H,4-13H2,1-2H3/b15-3-/t14-,16+,17-,18-,19+,20-,21+/m1/s1. The smallest absolute Gasteiger partial charge is 0.118 e. The van der Waals surface area contributed by atoms with E-state index in [2.05, 4.69) is 19.9 Å². The van der Waals surface area contributed by atoms with Crippen molar-refractivity contribution in [2.45, 2.75) is 77.2 Å². The van der Waals surface area contributed by atoms with Gasteiger partial charge in [-0.15, -0.1) is 0 Å². The largest absolute Gasteiger partial charge is 0.387 e. The molecule has 0 aromatic carbocycles. The lowest BCUT2D eigenvalue weighted by Gasteiger charge is -2.56. The molecule has 0 saturated heterocycles. The molecule has 4 rings (SSSR count). The van der Waals surface area contributed by atoms with Gasteiger partial charge in [0.1, 0.15) is 6.67 Å². The van der Waals surface area contributed by atoms with Crippen molar-refractivity contribution in [3.8, 4) is 0 Å². The number of halogens is 1. The van der Waals surface area contributed by atoms with Crippen molar-refractivity contribution in [2.75, 3.05) is 6.67 Å². The Morgan fingerprint density at radius 2 is 1.87 bits per heavy atom. The normalized spacial score (nSPS) is 54.4. The van der Waals surface area contributed by atoms with Crippen LogP contribution in [-0.4, -0.2) is 17.4 Å². The zero-order valence-electron chi connectivity index (χ0n) is 14.9. The molecular weight excluding hydrogens is 287 g/mol. The highest BCUT2D eigenvalue weighted by Gasteiger charge is 2.56. The van der Waals surface area contributed by atoms with E-state index in [1.54, 1.807) is 5.57 Å². The minimum atomic E-state index is -0.997. The molecule has 4 saturated carbocycles.